The molecule has 0 spiro atoms. The Morgan fingerprint density at radius 3 is 0.967 bits per heavy atom. The lowest BCUT2D eigenvalue weighted by molar-refractivity contribution is -0.124. The van der Waals surface area contributed by atoms with Crippen molar-refractivity contribution < 1.29 is 20.1 Å². The fourth-order valence-electron chi connectivity index (χ4n) is 8.87. The Morgan fingerprint density at radius 2 is 0.667 bits per heavy atom. The monoisotopic (exact) mass is 848 g/mol. The van der Waals surface area contributed by atoms with Crippen molar-refractivity contribution in [2.24, 2.45) is 0 Å². The third kappa shape index (κ3) is 45.1. The Kier molecular flexibility index (Phi) is 50.0. The molecule has 5 heteroatoms. The summed E-state index contributed by atoms with van der Waals surface area (Å²) in [7, 11) is 0. The minimum Gasteiger partial charge on any atom is -0.394 e. The summed E-state index contributed by atoms with van der Waals surface area (Å²) in [6, 6.07) is -0.821. The molecule has 1 amide bonds. The molecule has 0 saturated carbocycles. The van der Waals surface area contributed by atoms with Crippen LogP contribution in [0.1, 0.15) is 309 Å². The summed E-state index contributed by atoms with van der Waals surface area (Å²) in [6.45, 7) is 4.17. The molecule has 3 unspecified atom stereocenters. The molecule has 0 heterocycles. The number of hydrogen-bond donors (Lipinski definition) is 4. The molecule has 0 fully saturated rings. The van der Waals surface area contributed by atoms with E-state index in [2.05, 4.69) is 31.3 Å². The van der Waals surface area contributed by atoms with Crippen LogP contribution in [0, 0.1) is 0 Å². The first-order chi connectivity index (χ1) is 29.6. The van der Waals surface area contributed by atoms with E-state index in [4.69, 9.17) is 0 Å². The summed E-state index contributed by atoms with van der Waals surface area (Å²) in [5.41, 5.74) is 0. The van der Waals surface area contributed by atoms with E-state index in [1.165, 1.54) is 244 Å². The van der Waals surface area contributed by atoms with Crippen molar-refractivity contribution in [1.29, 1.82) is 0 Å². The summed E-state index contributed by atoms with van der Waals surface area (Å²) in [6.07, 6.45) is 62.5. The molecule has 0 saturated heterocycles. The number of nitrogens with one attached hydrogen (secondary N) is 1. The number of carbonyl (C=O) groups is 1. The van der Waals surface area contributed by atoms with Crippen LogP contribution in [0.3, 0.4) is 0 Å². The van der Waals surface area contributed by atoms with Gasteiger partial charge in [0.25, 0.3) is 0 Å². The highest BCUT2D eigenvalue weighted by atomic mass is 16.3. The molecule has 5 nitrogen and oxygen atoms in total. The van der Waals surface area contributed by atoms with Crippen LogP contribution >= 0.6 is 0 Å². The fourth-order valence-corrected chi connectivity index (χ4v) is 8.87. The molecule has 0 radical (unpaired) electrons. The third-order valence-corrected chi connectivity index (χ3v) is 13.1. The zero-order valence-corrected chi connectivity index (χ0v) is 40.9. The Hall–Kier alpha value is -0.910. The first-order valence-corrected chi connectivity index (χ1v) is 27.5. The molecular weight excluding hydrogens is 739 g/mol. The van der Waals surface area contributed by atoms with Crippen LogP contribution in [0.25, 0.3) is 0 Å². The molecule has 0 aromatic rings. The van der Waals surface area contributed by atoms with E-state index in [1.54, 1.807) is 0 Å². The van der Waals surface area contributed by atoms with Crippen molar-refractivity contribution in [2.75, 3.05) is 6.61 Å². The highest BCUT2D eigenvalue weighted by Crippen LogP contribution is 2.18. The second kappa shape index (κ2) is 50.7. The Labute approximate surface area is 376 Å². The zero-order valence-electron chi connectivity index (χ0n) is 40.9. The number of aliphatic hydroxyl groups excluding tert-OH is 3. The number of unbranched alkanes of at least 4 members (excludes halogenated alkanes) is 41. The molecule has 0 rings (SSSR count). The van der Waals surface area contributed by atoms with Gasteiger partial charge in [0, 0.05) is 6.42 Å². The summed E-state index contributed by atoms with van der Waals surface area (Å²) in [4.78, 5) is 12.5. The molecule has 3 atom stereocenters. The van der Waals surface area contributed by atoms with E-state index in [9.17, 15) is 20.1 Å². The van der Waals surface area contributed by atoms with Crippen LogP contribution in [0.4, 0.5) is 0 Å². The van der Waals surface area contributed by atoms with Gasteiger partial charge in [0.2, 0.25) is 5.91 Å². The lowest BCUT2D eigenvalue weighted by atomic mass is 10.0. The first kappa shape index (κ1) is 59.1. The van der Waals surface area contributed by atoms with Crippen LogP contribution in [-0.2, 0) is 4.79 Å². The van der Waals surface area contributed by atoms with E-state index >= 15 is 0 Å². The number of amides is 1. The second-order valence-electron chi connectivity index (χ2n) is 19.1. The van der Waals surface area contributed by atoms with Gasteiger partial charge in [-0.15, -0.1) is 0 Å². The van der Waals surface area contributed by atoms with Gasteiger partial charge >= 0.3 is 0 Å². The summed E-state index contributed by atoms with van der Waals surface area (Å²) < 4.78 is 0. The molecule has 60 heavy (non-hydrogen) atoms. The number of hydrogen-bond acceptors (Lipinski definition) is 4. The summed E-state index contributed by atoms with van der Waals surface area (Å²) in [5.74, 6) is -0.149. The standard InChI is InChI=1S/C55H109NO4/c1-3-5-7-9-11-13-15-16-17-18-19-20-21-22-23-24-25-26-27-28-29-30-31-32-33-34-35-36-37-38-40-42-44-46-48-50-54(59)56-52(51-57)55(60)53(58)49-47-45-43-41-39-14-12-10-8-6-4-2/h41,43,52-53,55,57-58,60H,3-40,42,44-51H2,1-2H3,(H,56,59)/b43-41+. The molecule has 0 aliphatic rings. The summed E-state index contributed by atoms with van der Waals surface area (Å²) in [5, 5.41) is 33.5. The van der Waals surface area contributed by atoms with Gasteiger partial charge in [0.15, 0.2) is 0 Å². The van der Waals surface area contributed by atoms with Crippen LogP contribution < -0.4 is 5.32 Å². The Bertz CT molecular complexity index is 848. The van der Waals surface area contributed by atoms with Crippen LogP contribution in [0.5, 0.6) is 0 Å². The van der Waals surface area contributed by atoms with Crippen molar-refractivity contribution in [3.05, 3.63) is 12.2 Å². The normalized spacial score (nSPS) is 13.3. The SMILES string of the molecule is CCCCCCCC/C=C/CCCC(O)C(O)C(CO)NC(=O)CCCCCCCCCCCCCCCCCCCCCCCCCCCCCCCCCCCCC. The number of rotatable bonds is 51. The van der Waals surface area contributed by atoms with Gasteiger partial charge in [-0.1, -0.05) is 276 Å². The van der Waals surface area contributed by atoms with Crippen LogP contribution in [-0.4, -0.2) is 46.1 Å². The quantitative estimate of drug-likeness (QED) is 0.0363. The van der Waals surface area contributed by atoms with Crippen molar-refractivity contribution in [3.63, 3.8) is 0 Å². The van der Waals surface area contributed by atoms with Crippen LogP contribution in [0.15, 0.2) is 12.2 Å². The molecule has 0 aliphatic heterocycles. The van der Waals surface area contributed by atoms with E-state index in [-0.39, 0.29) is 12.5 Å². The molecular formula is C55H109NO4. The second-order valence-corrected chi connectivity index (χ2v) is 19.1. The Morgan fingerprint density at radius 1 is 0.400 bits per heavy atom. The maximum Gasteiger partial charge on any atom is 0.220 e. The van der Waals surface area contributed by atoms with Gasteiger partial charge in [-0.05, 0) is 38.5 Å². The lowest BCUT2D eigenvalue weighted by Gasteiger charge is -2.26. The maximum atomic E-state index is 12.5. The predicted molar refractivity (Wildman–Crippen MR) is 264 cm³/mol. The van der Waals surface area contributed by atoms with Gasteiger partial charge in [-0.25, -0.2) is 0 Å². The van der Waals surface area contributed by atoms with Crippen molar-refractivity contribution in [2.45, 2.75) is 327 Å². The lowest BCUT2D eigenvalue weighted by Crippen LogP contribution is -2.50. The van der Waals surface area contributed by atoms with Gasteiger partial charge in [-0.2, -0.15) is 0 Å². The smallest absolute Gasteiger partial charge is 0.220 e. The van der Waals surface area contributed by atoms with Crippen LogP contribution in [0.2, 0.25) is 0 Å². The summed E-state index contributed by atoms with van der Waals surface area (Å²) >= 11 is 0. The first-order valence-electron chi connectivity index (χ1n) is 27.5. The van der Waals surface area contributed by atoms with E-state index in [0.717, 1.165) is 38.5 Å². The number of carbonyl (C=O) groups excluding carboxylic acids is 1. The van der Waals surface area contributed by atoms with E-state index in [0.29, 0.717) is 12.8 Å². The van der Waals surface area contributed by atoms with Crippen molar-refractivity contribution >= 4 is 5.91 Å². The minimum atomic E-state index is -1.15. The number of aliphatic hydroxyl groups is 3. The largest absolute Gasteiger partial charge is 0.394 e. The molecule has 0 aromatic carbocycles. The average molecular weight is 848 g/mol. The van der Waals surface area contributed by atoms with Gasteiger partial charge < -0.3 is 20.6 Å². The van der Waals surface area contributed by atoms with Gasteiger partial charge in [0.1, 0.15) is 6.10 Å². The minimum absolute atomic E-state index is 0.149. The fraction of sp³-hybridized carbons (Fsp3) is 0.945. The van der Waals surface area contributed by atoms with Crippen molar-refractivity contribution in [1.82, 2.24) is 5.32 Å². The zero-order chi connectivity index (χ0) is 43.7. The van der Waals surface area contributed by atoms with E-state index in [1.807, 2.05) is 0 Å². The number of allylic oxidation sites excluding steroid dienone is 2. The topological polar surface area (TPSA) is 89.8 Å². The predicted octanol–water partition coefficient (Wildman–Crippen LogP) is 16.7. The van der Waals surface area contributed by atoms with Gasteiger partial charge in [-0.3, -0.25) is 4.79 Å². The molecule has 0 aromatic heterocycles. The highest BCUT2D eigenvalue weighted by molar-refractivity contribution is 5.76. The molecule has 0 aliphatic carbocycles. The van der Waals surface area contributed by atoms with Crippen molar-refractivity contribution in [3.8, 4) is 0 Å². The maximum absolute atomic E-state index is 12.5. The molecule has 0 bridgehead atoms. The molecule has 358 valence electrons. The van der Waals surface area contributed by atoms with E-state index < -0.39 is 18.2 Å². The third-order valence-electron chi connectivity index (χ3n) is 13.1. The Balaban J connectivity index is 3.41. The molecule has 4 N–H and O–H groups in total. The average Bonchev–Trinajstić information content (AvgIpc) is 3.25. The van der Waals surface area contributed by atoms with Gasteiger partial charge in [0.05, 0.1) is 18.8 Å². The highest BCUT2D eigenvalue weighted by Gasteiger charge is 2.26.